The predicted molar refractivity (Wildman–Crippen MR) is 249 cm³/mol. The topological polar surface area (TPSA) is 21.3 Å². The minimum absolute atomic E-state index is 0.898. The van der Waals surface area contributed by atoms with Gasteiger partial charge in [-0.15, -0.1) is 0 Å². The average molecular weight is 753 g/mol. The molecule has 12 aromatic rings. The molecular weight excluding hydrogens is 717 g/mol. The van der Waals surface area contributed by atoms with Gasteiger partial charge >= 0.3 is 0 Å². The van der Waals surface area contributed by atoms with Crippen LogP contribution in [0.3, 0.4) is 0 Å². The first-order valence-electron chi connectivity index (χ1n) is 20.2. The zero-order valence-electron chi connectivity index (χ0n) is 32.1. The number of rotatable bonds is 6. The van der Waals surface area contributed by atoms with E-state index in [1.807, 2.05) is 0 Å². The number of anilines is 3. The van der Waals surface area contributed by atoms with Gasteiger partial charge in [0.1, 0.15) is 11.2 Å². The van der Waals surface area contributed by atoms with Crippen molar-refractivity contribution in [3.63, 3.8) is 0 Å². The summed E-state index contributed by atoms with van der Waals surface area (Å²) in [4.78, 5) is 2.37. The molecule has 3 heteroatoms. The lowest BCUT2D eigenvalue weighted by Gasteiger charge is -2.26. The smallest absolute Gasteiger partial charge is 0.143 e. The van der Waals surface area contributed by atoms with Crippen molar-refractivity contribution in [1.82, 2.24) is 4.57 Å². The van der Waals surface area contributed by atoms with E-state index in [0.29, 0.717) is 0 Å². The maximum atomic E-state index is 6.46. The fourth-order valence-electron chi connectivity index (χ4n) is 9.10. The molecule has 0 fully saturated rings. The second kappa shape index (κ2) is 13.4. The Bertz CT molecular complexity index is 3520. The number of aromatic nitrogens is 1. The van der Waals surface area contributed by atoms with Crippen LogP contribution >= 0.6 is 0 Å². The number of nitrogens with zero attached hydrogens (tertiary/aromatic N) is 2. The number of hydrogen-bond donors (Lipinski definition) is 0. The third kappa shape index (κ3) is 5.51. The molecule has 0 saturated heterocycles. The van der Waals surface area contributed by atoms with E-state index >= 15 is 0 Å². The van der Waals surface area contributed by atoms with Crippen LogP contribution in [0, 0.1) is 0 Å². The molecule has 2 aromatic heterocycles. The monoisotopic (exact) mass is 752 g/mol. The summed E-state index contributed by atoms with van der Waals surface area (Å²) in [7, 11) is 0. The Morgan fingerprint density at radius 1 is 0.322 bits per heavy atom. The van der Waals surface area contributed by atoms with Crippen LogP contribution in [-0.4, -0.2) is 4.57 Å². The Balaban J connectivity index is 0.950. The first-order valence-corrected chi connectivity index (χ1v) is 20.2. The molecular formula is C56H36N2O. The summed E-state index contributed by atoms with van der Waals surface area (Å²) in [5.41, 5.74) is 13.3. The molecule has 0 atom stereocenters. The average Bonchev–Trinajstić information content (AvgIpc) is 3.85. The molecule has 0 saturated carbocycles. The normalized spacial score (nSPS) is 11.7. The van der Waals surface area contributed by atoms with Crippen molar-refractivity contribution in [2.45, 2.75) is 0 Å². The van der Waals surface area contributed by atoms with Crippen molar-refractivity contribution in [3.05, 3.63) is 218 Å². The highest BCUT2D eigenvalue weighted by molar-refractivity contribution is 6.15. The number of fused-ring (bicyclic) bond motifs is 9. The molecule has 59 heavy (non-hydrogen) atoms. The van der Waals surface area contributed by atoms with E-state index < -0.39 is 0 Å². The third-order valence-corrected chi connectivity index (χ3v) is 11.9. The molecule has 0 bridgehead atoms. The van der Waals surface area contributed by atoms with Crippen molar-refractivity contribution in [1.29, 1.82) is 0 Å². The van der Waals surface area contributed by atoms with E-state index in [9.17, 15) is 0 Å². The molecule has 0 aliphatic rings. The lowest BCUT2D eigenvalue weighted by molar-refractivity contribution is 0.672. The van der Waals surface area contributed by atoms with E-state index in [1.54, 1.807) is 0 Å². The summed E-state index contributed by atoms with van der Waals surface area (Å²) < 4.78 is 8.84. The summed E-state index contributed by atoms with van der Waals surface area (Å²) in [5, 5.41) is 9.53. The first-order chi connectivity index (χ1) is 29.2. The second-order valence-corrected chi connectivity index (χ2v) is 15.4. The van der Waals surface area contributed by atoms with Gasteiger partial charge in [-0.2, -0.15) is 0 Å². The molecule has 0 spiro atoms. The van der Waals surface area contributed by atoms with Crippen LogP contribution in [0.5, 0.6) is 0 Å². The number of para-hydroxylation sites is 2. The van der Waals surface area contributed by atoms with Crippen molar-refractivity contribution in [2.75, 3.05) is 4.90 Å². The SMILES string of the molecule is c1cc(-c2ccc3oc4c5ccccc5ccc4c3c2)cc(N(c2ccc(-c3cccc(-n4c5ccccc5c5ccccc54)c3)cc2)c2ccc3ccccc3c2)c1. The van der Waals surface area contributed by atoms with E-state index in [-0.39, 0.29) is 0 Å². The fourth-order valence-corrected chi connectivity index (χ4v) is 9.10. The van der Waals surface area contributed by atoms with Gasteiger partial charge in [0.05, 0.1) is 11.0 Å². The molecule has 0 radical (unpaired) electrons. The highest BCUT2D eigenvalue weighted by Gasteiger charge is 2.17. The van der Waals surface area contributed by atoms with Gasteiger partial charge in [-0.05, 0) is 117 Å². The molecule has 0 aliphatic heterocycles. The predicted octanol–water partition coefficient (Wildman–Crippen LogP) is 15.8. The van der Waals surface area contributed by atoms with Crippen LogP contribution in [0.15, 0.2) is 223 Å². The van der Waals surface area contributed by atoms with Crippen LogP contribution in [0.25, 0.3) is 93.2 Å². The Labute approximate surface area is 341 Å². The van der Waals surface area contributed by atoms with Gasteiger partial charge in [0.25, 0.3) is 0 Å². The third-order valence-electron chi connectivity index (χ3n) is 11.9. The van der Waals surface area contributed by atoms with Gasteiger partial charge in [-0.25, -0.2) is 0 Å². The molecule has 0 amide bonds. The molecule has 0 N–H and O–H groups in total. The van der Waals surface area contributed by atoms with E-state index in [2.05, 4.69) is 228 Å². The Kier molecular flexibility index (Phi) is 7.54. The van der Waals surface area contributed by atoms with Gasteiger partial charge in [0.15, 0.2) is 0 Å². The minimum atomic E-state index is 0.898. The minimum Gasteiger partial charge on any atom is -0.455 e. The maximum absolute atomic E-state index is 6.46. The molecule has 2 heterocycles. The lowest BCUT2D eigenvalue weighted by atomic mass is 10.0. The quantitative estimate of drug-likeness (QED) is 0.169. The van der Waals surface area contributed by atoms with E-state index in [4.69, 9.17) is 4.42 Å². The Morgan fingerprint density at radius 2 is 0.915 bits per heavy atom. The zero-order valence-corrected chi connectivity index (χ0v) is 32.1. The lowest BCUT2D eigenvalue weighted by Crippen LogP contribution is -2.10. The van der Waals surface area contributed by atoms with Crippen LogP contribution in [0.1, 0.15) is 0 Å². The molecule has 0 aliphatic carbocycles. The van der Waals surface area contributed by atoms with Crippen molar-refractivity contribution >= 4 is 82.4 Å². The van der Waals surface area contributed by atoms with Gasteiger partial charge in [-0.3, -0.25) is 0 Å². The fraction of sp³-hybridized carbons (Fsp3) is 0. The number of benzene rings is 10. The van der Waals surface area contributed by atoms with E-state index in [1.165, 1.54) is 43.5 Å². The van der Waals surface area contributed by atoms with Crippen LogP contribution in [-0.2, 0) is 0 Å². The molecule has 0 unspecified atom stereocenters. The molecule has 10 aromatic carbocycles. The molecule has 3 nitrogen and oxygen atoms in total. The van der Waals surface area contributed by atoms with Crippen molar-refractivity contribution < 1.29 is 4.42 Å². The summed E-state index contributed by atoms with van der Waals surface area (Å²) in [5.74, 6) is 0. The van der Waals surface area contributed by atoms with Crippen molar-refractivity contribution in [2.24, 2.45) is 0 Å². The first kappa shape index (κ1) is 33.3. The summed E-state index contributed by atoms with van der Waals surface area (Å²) in [6.45, 7) is 0. The van der Waals surface area contributed by atoms with Gasteiger partial charge in [0.2, 0.25) is 0 Å². The Hall–Kier alpha value is -7.88. The van der Waals surface area contributed by atoms with Crippen LogP contribution < -0.4 is 4.90 Å². The van der Waals surface area contributed by atoms with Gasteiger partial charge in [-0.1, -0.05) is 140 Å². The number of hydrogen-bond acceptors (Lipinski definition) is 2. The van der Waals surface area contributed by atoms with Crippen LogP contribution in [0.2, 0.25) is 0 Å². The molecule has 12 rings (SSSR count). The summed E-state index contributed by atoms with van der Waals surface area (Å²) in [6.07, 6.45) is 0. The largest absolute Gasteiger partial charge is 0.455 e. The maximum Gasteiger partial charge on any atom is 0.143 e. The second-order valence-electron chi connectivity index (χ2n) is 15.4. The Morgan fingerprint density at radius 3 is 1.71 bits per heavy atom. The van der Waals surface area contributed by atoms with Gasteiger partial charge < -0.3 is 13.9 Å². The standard InChI is InChI=1S/C56H36N2O/c1-2-13-40-34-47(30-25-37(40)11-1)57(45-16-10-15-42(35-45)43-27-32-55-52(36-43)51-31-26-39-12-3-4-18-48(39)56(51)59-55)44-28-23-38(24-29-44)41-14-9-17-46(33-41)58-53-21-7-5-19-49(53)50-20-6-8-22-54(50)58/h1-36H. The zero-order chi connectivity index (χ0) is 38.9. The molecule has 276 valence electrons. The highest BCUT2D eigenvalue weighted by Crippen LogP contribution is 2.41. The van der Waals surface area contributed by atoms with Gasteiger partial charge in [0, 0.05) is 49.7 Å². The van der Waals surface area contributed by atoms with E-state index in [0.717, 1.165) is 66.8 Å². The number of furan rings is 1. The summed E-state index contributed by atoms with van der Waals surface area (Å²) >= 11 is 0. The van der Waals surface area contributed by atoms with Crippen LogP contribution in [0.4, 0.5) is 17.1 Å². The summed E-state index contributed by atoms with van der Waals surface area (Å²) in [6, 6.07) is 78.8. The highest BCUT2D eigenvalue weighted by atomic mass is 16.3. The van der Waals surface area contributed by atoms with Crippen molar-refractivity contribution in [3.8, 4) is 27.9 Å².